The highest BCUT2D eigenvalue weighted by molar-refractivity contribution is 7.91. The van der Waals surface area contributed by atoms with Crippen molar-refractivity contribution in [2.24, 2.45) is 5.10 Å². The van der Waals surface area contributed by atoms with E-state index in [1.54, 1.807) is 31.3 Å². The average Bonchev–Trinajstić information content (AvgIpc) is 3.44. The summed E-state index contributed by atoms with van der Waals surface area (Å²) in [5.74, 6) is -2.82. The number of carboxylic acid groups (broad SMARTS) is 1. The quantitative estimate of drug-likeness (QED) is 0.150. The third kappa shape index (κ3) is 9.01. The maximum absolute atomic E-state index is 13.7. The lowest BCUT2D eigenvalue weighted by Gasteiger charge is -2.32. The van der Waals surface area contributed by atoms with E-state index in [2.05, 4.69) is 10.4 Å². The van der Waals surface area contributed by atoms with Gasteiger partial charge < -0.3 is 15.5 Å². The molecule has 8 nitrogen and oxygen atoms in total. The number of halogens is 11. The van der Waals surface area contributed by atoms with Crippen LogP contribution in [0.5, 0.6) is 0 Å². The zero-order valence-electron chi connectivity index (χ0n) is 25.3. The Bertz CT molecular complexity index is 1780. The number of rotatable bonds is 9. The van der Waals surface area contributed by atoms with Crippen LogP contribution < -0.4 is 10.3 Å². The van der Waals surface area contributed by atoms with Gasteiger partial charge in [-0.1, -0.05) is 65.7 Å². The number of nitrogens with zero attached hydrogens (tertiary/aromatic N) is 2. The molecule has 1 aliphatic heterocycles. The number of alkyl halides is 9. The van der Waals surface area contributed by atoms with Crippen molar-refractivity contribution in [1.82, 2.24) is 5.32 Å². The third-order valence-corrected chi connectivity index (χ3v) is 9.63. The minimum absolute atomic E-state index is 0.0666. The molecule has 274 valence electrons. The van der Waals surface area contributed by atoms with Crippen molar-refractivity contribution >= 4 is 50.4 Å². The fourth-order valence-electron chi connectivity index (χ4n) is 4.71. The first-order valence-corrected chi connectivity index (χ1v) is 16.4. The Morgan fingerprint density at radius 2 is 1.42 bits per heavy atom. The van der Waals surface area contributed by atoms with Crippen LogP contribution in [0, 0.1) is 0 Å². The summed E-state index contributed by atoms with van der Waals surface area (Å²) < 4.78 is 140. The maximum atomic E-state index is 13.7. The van der Waals surface area contributed by atoms with Crippen LogP contribution in [0.2, 0.25) is 10.0 Å². The molecular weight excluding hydrogens is 756 g/mol. The van der Waals surface area contributed by atoms with Gasteiger partial charge in [-0.25, -0.2) is 13.2 Å². The summed E-state index contributed by atoms with van der Waals surface area (Å²) in [5.41, 5.74) is -5.63. The van der Waals surface area contributed by atoms with Gasteiger partial charge in [0.05, 0.1) is 38.1 Å². The second-order valence-corrected chi connectivity index (χ2v) is 13.5. The maximum Gasteiger partial charge on any atom is 0.490 e. The number of benzene rings is 3. The first kappa shape index (κ1) is 40.8. The molecule has 0 saturated carbocycles. The molecule has 0 radical (unpaired) electrons. The highest BCUT2D eigenvalue weighted by atomic mass is 35.5. The number of hydrogen-bond donors (Lipinski definition) is 3. The lowest BCUT2D eigenvalue weighted by atomic mass is 9.89. The number of sulfone groups is 1. The van der Waals surface area contributed by atoms with E-state index in [-0.39, 0.29) is 31.9 Å². The van der Waals surface area contributed by atoms with Gasteiger partial charge in [-0.05, 0) is 61.0 Å². The summed E-state index contributed by atoms with van der Waals surface area (Å²) in [7, 11) is -1.86. The topological polar surface area (TPSA) is 119 Å². The van der Waals surface area contributed by atoms with Crippen molar-refractivity contribution in [3.63, 3.8) is 0 Å². The molecule has 0 aliphatic carbocycles. The zero-order valence-corrected chi connectivity index (χ0v) is 27.7. The molecule has 0 bridgehead atoms. The van der Waals surface area contributed by atoms with Crippen molar-refractivity contribution in [2.45, 2.75) is 47.9 Å². The molecule has 50 heavy (non-hydrogen) atoms. The van der Waals surface area contributed by atoms with E-state index in [0.717, 1.165) is 5.01 Å². The Hall–Kier alpha value is -3.58. The predicted octanol–water partition coefficient (Wildman–Crippen LogP) is 7.84. The van der Waals surface area contributed by atoms with Crippen molar-refractivity contribution in [1.29, 1.82) is 0 Å². The number of aliphatic hydroxyl groups is 1. The van der Waals surface area contributed by atoms with Crippen LogP contribution in [0.25, 0.3) is 11.1 Å². The molecule has 20 heteroatoms. The fraction of sp³-hybridized carbons (Fsp3) is 0.333. The van der Waals surface area contributed by atoms with Gasteiger partial charge in [0.15, 0.2) is 9.84 Å². The van der Waals surface area contributed by atoms with Gasteiger partial charge in [-0.15, -0.1) is 0 Å². The van der Waals surface area contributed by atoms with Gasteiger partial charge in [-0.2, -0.15) is 44.6 Å². The molecule has 0 aromatic heterocycles. The van der Waals surface area contributed by atoms with Crippen LogP contribution in [0.4, 0.5) is 45.2 Å². The van der Waals surface area contributed by atoms with E-state index >= 15 is 0 Å². The number of para-hydroxylation sites is 1. The average molecular weight is 783 g/mol. The van der Waals surface area contributed by atoms with Crippen LogP contribution in [0.1, 0.15) is 24.4 Å². The second-order valence-electron chi connectivity index (χ2n) is 10.6. The molecule has 3 aromatic carbocycles. The first-order chi connectivity index (χ1) is 23.0. The highest BCUT2D eigenvalue weighted by Crippen LogP contribution is 2.50. The highest BCUT2D eigenvalue weighted by Gasteiger charge is 2.74. The summed E-state index contributed by atoms with van der Waals surface area (Å²) in [5, 5.41) is 24.4. The largest absolute Gasteiger partial charge is 0.490 e. The Balaban J connectivity index is 0.000000872. The van der Waals surface area contributed by atoms with Gasteiger partial charge >= 0.3 is 24.5 Å². The zero-order chi connectivity index (χ0) is 37.9. The number of hydrazone groups is 1. The Morgan fingerprint density at radius 1 is 0.900 bits per heavy atom. The molecule has 3 aromatic rings. The number of carboxylic acids is 1. The summed E-state index contributed by atoms with van der Waals surface area (Å²) in [4.78, 5) is 9.00. The van der Waals surface area contributed by atoms with E-state index < -0.39 is 58.1 Å². The standard InChI is InChI=1S/C28H25Cl2F6N3O3S.C2HF3O2/c1-37-13-4-14-43(41,42)20-6-2-5-19(15-20)17-9-11-18(12-10-17)23-16-24(26(40,27(31,32)33)28(34,35)36)38-39(23)25-21(29)7-3-8-22(25)30;3-2(4,5)1(6)7/h2-3,5-12,15,23,37,40H,4,13-14,16H2,1H3;(H,6,7). The SMILES string of the molecule is CNCCCS(=O)(=O)c1cccc(-c2ccc(C3CC(C(O)(C(F)(F)F)C(F)(F)F)=NN3c3c(Cl)cccc3Cl)cc2)c1.O=C(O)C(F)(F)F. The number of aliphatic carboxylic acids is 1. The minimum Gasteiger partial charge on any atom is -0.475 e. The van der Waals surface area contributed by atoms with Gasteiger partial charge in [0, 0.05) is 6.42 Å². The molecule has 0 saturated heterocycles. The molecule has 0 spiro atoms. The van der Waals surface area contributed by atoms with E-state index in [0.29, 0.717) is 24.1 Å². The monoisotopic (exact) mass is 781 g/mol. The summed E-state index contributed by atoms with van der Waals surface area (Å²) in [6.45, 7) is 0.521. The van der Waals surface area contributed by atoms with Crippen LogP contribution >= 0.6 is 23.2 Å². The van der Waals surface area contributed by atoms with Gasteiger partial charge in [0.2, 0.25) is 0 Å². The minimum atomic E-state index is -6.13. The summed E-state index contributed by atoms with van der Waals surface area (Å²) >= 11 is 12.5. The van der Waals surface area contributed by atoms with Crippen LogP contribution in [0.15, 0.2) is 76.7 Å². The van der Waals surface area contributed by atoms with Crippen molar-refractivity contribution in [3.05, 3.63) is 82.3 Å². The van der Waals surface area contributed by atoms with Crippen molar-refractivity contribution in [2.75, 3.05) is 24.4 Å². The number of carbonyl (C=O) groups is 1. The van der Waals surface area contributed by atoms with Gasteiger partial charge in [0.25, 0.3) is 5.60 Å². The summed E-state index contributed by atoms with van der Waals surface area (Å²) in [6.07, 6.45) is -17.9. The predicted molar refractivity (Wildman–Crippen MR) is 167 cm³/mol. The molecule has 1 atom stereocenters. The van der Waals surface area contributed by atoms with Crippen molar-refractivity contribution < 1.29 is 62.9 Å². The van der Waals surface area contributed by atoms with E-state index in [9.17, 15) is 53.0 Å². The summed E-state index contributed by atoms with van der Waals surface area (Å²) in [6, 6.07) is 15.1. The Morgan fingerprint density at radius 3 is 1.90 bits per heavy atom. The van der Waals surface area contributed by atoms with Crippen LogP contribution in [-0.4, -0.2) is 73.8 Å². The third-order valence-electron chi connectivity index (χ3n) is 7.22. The van der Waals surface area contributed by atoms with Gasteiger partial charge in [-0.3, -0.25) is 5.01 Å². The fourth-order valence-corrected chi connectivity index (χ4v) is 6.64. The van der Waals surface area contributed by atoms with E-state index in [1.165, 1.54) is 42.5 Å². The molecular formula is C30H26Cl2F9N3O5S. The number of hydrogen-bond acceptors (Lipinski definition) is 7. The molecule has 1 heterocycles. The Kier molecular flexibility index (Phi) is 12.5. The second kappa shape index (κ2) is 15.3. The van der Waals surface area contributed by atoms with Gasteiger partial charge in [0.1, 0.15) is 0 Å². The molecule has 0 amide bonds. The number of nitrogens with one attached hydrogen (secondary N) is 1. The smallest absolute Gasteiger partial charge is 0.475 e. The molecule has 3 N–H and O–H groups in total. The molecule has 1 aliphatic rings. The van der Waals surface area contributed by atoms with Crippen molar-refractivity contribution in [3.8, 4) is 11.1 Å². The molecule has 0 fully saturated rings. The lowest BCUT2D eigenvalue weighted by Crippen LogP contribution is -2.62. The first-order valence-electron chi connectivity index (χ1n) is 14.0. The number of anilines is 1. The lowest BCUT2D eigenvalue weighted by molar-refractivity contribution is -0.338. The van der Waals surface area contributed by atoms with Crippen LogP contribution in [0.3, 0.4) is 0 Å². The Labute approximate surface area is 289 Å². The van der Waals surface area contributed by atoms with E-state index in [1.807, 2.05) is 0 Å². The molecule has 1 unspecified atom stereocenters. The molecule has 4 rings (SSSR count). The normalized spacial score (nSPS) is 15.7. The van der Waals surface area contributed by atoms with Crippen LogP contribution in [-0.2, 0) is 14.6 Å². The van der Waals surface area contributed by atoms with E-state index in [4.69, 9.17) is 33.1 Å².